The molecule has 3 aromatic carbocycles. The van der Waals surface area contributed by atoms with Crippen LogP contribution in [0, 0.1) is 6.92 Å². The topological polar surface area (TPSA) is 38.3 Å². The summed E-state index contributed by atoms with van der Waals surface area (Å²) in [7, 11) is 5.85. The third kappa shape index (κ3) is 4.51. The van der Waals surface area contributed by atoms with Crippen molar-refractivity contribution in [1.29, 1.82) is 0 Å². The van der Waals surface area contributed by atoms with E-state index in [0.29, 0.717) is 23.4 Å². The number of hydrogen-bond donors (Lipinski definition) is 1. The van der Waals surface area contributed by atoms with Crippen molar-refractivity contribution >= 4 is 24.9 Å². The smallest absolute Gasteiger partial charge is 0.259 e. The third-order valence-electron chi connectivity index (χ3n) is 3.76. The maximum absolute atomic E-state index is 12.7. The molecule has 1 amide bonds. The summed E-state index contributed by atoms with van der Waals surface area (Å²) in [6.07, 6.45) is 0. The predicted molar refractivity (Wildman–Crippen MR) is 102 cm³/mol. The molecule has 0 fully saturated rings. The lowest BCUT2D eigenvalue weighted by atomic mass is 9.93. The molecule has 0 saturated carbocycles. The summed E-state index contributed by atoms with van der Waals surface area (Å²) in [5.41, 5.74) is 3.77. The second-order valence-corrected chi connectivity index (χ2v) is 5.85. The van der Waals surface area contributed by atoms with Crippen LogP contribution in [0.5, 0.6) is 5.75 Å². The normalized spacial score (nSPS) is 10.3. The zero-order valence-corrected chi connectivity index (χ0v) is 14.0. The monoisotopic (exact) mass is 327 g/mol. The van der Waals surface area contributed by atoms with Gasteiger partial charge in [0.25, 0.3) is 5.91 Å². The minimum Gasteiger partial charge on any atom is -0.488 e. The standard InChI is InChI=1S/C21H18BNO2/c1-15-6-5-9-18(12-15)23-21(24)19-13-17(22)10-11-20(19)25-14-16-7-3-2-4-8-16/h2-13H,14H2,1H3,(H,23,24). The highest BCUT2D eigenvalue weighted by atomic mass is 16.5. The van der Waals surface area contributed by atoms with Gasteiger partial charge in [-0.1, -0.05) is 60.1 Å². The van der Waals surface area contributed by atoms with E-state index in [-0.39, 0.29) is 5.91 Å². The highest BCUT2D eigenvalue weighted by Gasteiger charge is 2.13. The minimum absolute atomic E-state index is 0.249. The van der Waals surface area contributed by atoms with Gasteiger partial charge in [0, 0.05) is 5.69 Å². The van der Waals surface area contributed by atoms with Crippen molar-refractivity contribution in [2.24, 2.45) is 0 Å². The van der Waals surface area contributed by atoms with Gasteiger partial charge in [-0.3, -0.25) is 4.79 Å². The molecule has 0 saturated heterocycles. The summed E-state index contributed by atoms with van der Waals surface area (Å²) in [4.78, 5) is 12.7. The fourth-order valence-corrected chi connectivity index (χ4v) is 2.51. The summed E-state index contributed by atoms with van der Waals surface area (Å²) >= 11 is 0. The average Bonchev–Trinajstić information content (AvgIpc) is 2.61. The second kappa shape index (κ2) is 7.71. The van der Waals surface area contributed by atoms with Gasteiger partial charge in [-0.15, -0.1) is 0 Å². The molecule has 1 N–H and O–H groups in total. The van der Waals surface area contributed by atoms with E-state index in [1.807, 2.05) is 61.5 Å². The summed E-state index contributed by atoms with van der Waals surface area (Å²) in [6.45, 7) is 2.36. The van der Waals surface area contributed by atoms with Crippen molar-refractivity contribution in [2.45, 2.75) is 13.5 Å². The van der Waals surface area contributed by atoms with Gasteiger partial charge in [0.15, 0.2) is 0 Å². The number of carbonyl (C=O) groups excluding carboxylic acids is 1. The molecule has 4 heteroatoms. The van der Waals surface area contributed by atoms with Gasteiger partial charge >= 0.3 is 0 Å². The quantitative estimate of drug-likeness (QED) is 0.727. The second-order valence-electron chi connectivity index (χ2n) is 5.85. The number of carbonyl (C=O) groups is 1. The van der Waals surface area contributed by atoms with Gasteiger partial charge in [-0.2, -0.15) is 0 Å². The van der Waals surface area contributed by atoms with E-state index in [4.69, 9.17) is 12.6 Å². The molecular weight excluding hydrogens is 309 g/mol. The number of benzene rings is 3. The average molecular weight is 327 g/mol. The van der Waals surface area contributed by atoms with Gasteiger partial charge in [-0.25, -0.2) is 0 Å². The number of ether oxygens (including phenoxy) is 1. The highest BCUT2D eigenvalue weighted by Crippen LogP contribution is 2.20. The van der Waals surface area contributed by atoms with E-state index < -0.39 is 0 Å². The third-order valence-corrected chi connectivity index (χ3v) is 3.76. The van der Waals surface area contributed by atoms with Crippen molar-refractivity contribution in [1.82, 2.24) is 0 Å². The highest BCUT2D eigenvalue weighted by molar-refractivity contribution is 6.33. The molecule has 0 aliphatic carbocycles. The number of aryl methyl sites for hydroxylation is 1. The van der Waals surface area contributed by atoms with Gasteiger partial charge in [0.2, 0.25) is 0 Å². The molecule has 3 rings (SSSR count). The summed E-state index contributed by atoms with van der Waals surface area (Å²) in [5.74, 6) is 0.254. The molecule has 122 valence electrons. The molecule has 2 radical (unpaired) electrons. The summed E-state index contributed by atoms with van der Waals surface area (Å²) in [6, 6.07) is 22.5. The lowest BCUT2D eigenvalue weighted by molar-refractivity contribution is 0.102. The van der Waals surface area contributed by atoms with E-state index in [2.05, 4.69) is 5.32 Å². The molecule has 0 unspecified atom stereocenters. The fourth-order valence-electron chi connectivity index (χ4n) is 2.51. The number of nitrogens with one attached hydrogen (secondary N) is 1. The Kier molecular flexibility index (Phi) is 5.19. The van der Waals surface area contributed by atoms with Crippen LogP contribution in [0.4, 0.5) is 5.69 Å². The van der Waals surface area contributed by atoms with Crippen LogP contribution in [0.1, 0.15) is 21.5 Å². The van der Waals surface area contributed by atoms with Crippen LogP contribution in [0.15, 0.2) is 72.8 Å². The molecule has 3 nitrogen and oxygen atoms in total. The van der Waals surface area contributed by atoms with E-state index in [0.717, 1.165) is 16.8 Å². The van der Waals surface area contributed by atoms with Crippen molar-refractivity contribution < 1.29 is 9.53 Å². The lowest BCUT2D eigenvalue weighted by Crippen LogP contribution is -2.17. The first kappa shape index (κ1) is 16.8. The Morgan fingerprint density at radius 3 is 2.56 bits per heavy atom. The molecule has 0 heterocycles. The van der Waals surface area contributed by atoms with Gasteiger partial charge < -0.3 is 10.1 Å². The molecule has 0 spiro atoms. The molecule has 0 aliphatic rings. The molecule has 0 aliphatic heterocycles. The van der Waals surface area contributed by atoms with Crippen LogP contribution in [-0.2, 0) is 6.61 Å². The van der Waals surface area contributed by atoms with Crippen LogP contribution in [0.25, 0.3) is 0 Å². The Labute approximate surface area is 149 Å². The largest absolute Gasteiger partial charge is 0.488 e. The van der Waals surface area contributed by atoms with Crippen LogP contribution in [0.3, 0.4) is 0 Å². The lowest BCUT2D eigenvalue weighted by Gasteiger charge is -2.13. The Hall–Kier alpha value is -3.01. The Balaban J connectivity index is 1.79. The zero-order valence-electron chi connectivity index (χ0n) is 14.0. The van der Waals surface area contributed by atoms with Crippen molar-refractivity contribution in [3.05, 3.63) is 89.5 Å². The maximum Gasteiger partial charge on any atom is 0.259 e. The van der Waals surface area contributed by atoms with Crippen molar-refractivity contribution in [2.75, 3.05) is 5.32 Å². The number of amides is 1. The zero-order chi connectivity index (χ0) is 17.6. The molecule has 25 heavy (non-hydrogen) atoms. The van der Waals surface area contributed by atoms with Crippen molar-refractivity contribution in [3.8, 4) is 5.75 Å². The molecular formula is C21H18BNO2. The van der Waals surface area contributed by atoms with E-state index >= 15 is 0 Å². The molecule has 3 aromatic rings. The van der Waals surface area contributed by atoms with Crippen LogP contribution >= 0.6 is 0 Å². The molecule has 0 bridgehead atoms. The summed E-state index contributed by atoms with van der Waals surface area (Å²) < 4.78 is 5.84. The maximum atomic E-state index is 12.7. The van der Waals surface area contributed by atoms with Gasteiger partial charge in [0.1, 0.15) is 20.2 Å². The Morgan fingerprint density at radius 1 is 1.00 bits per heavy atom. The number of rotatable bonds is 5. The number of anilines is 1. The van der Waals surface area contributed by atoms with Gasteiger partial charge in [0.05, 0.1) is 5.56 Å². The minimum atomic E-state index is -0.249. The first-order valence-electron chi connectivity index (χ1n) is 8.06. The van der Waals surface area contributed by atoms with E-state index in [1.54, 1.807) is 18.2 Å². The Morgan fingerprint density at radius 2 is 1.80 bits per heavy atom. The number of hydrogen-bond acceptors (Lipinski definition) is 2. The molecule has 0 atom stereocenters. The van der Waals surface area contributed by atoms with E-state index in [1.165, 1.54) is 0 Å². The molecule has 0 aromatic heterocycles. The van der Waals surface area contributed by atoms with Crippen LogP contribution in [-0.4, -0.2) is 13.8 Å². The van der Waals surface area contributed by atoms with Gasteiger partial charge in [-0.05, 0) is 36.2 Å². The fraction of sp³-hybridized carbons (Fsp3) is 0.0952. The van der Waals surface area contributed by atoms with Crippen LogP contribution < -0.4 is 15.5 Å². The SMILES string of the molecule is [B]c1ccc(OCc2ccccc2)c(C(=O)Nc2cccc(C)c2)c1. The van der Waals surface area contributed by atoms with E-state index in [9.17, 15) is 4.79 Å². The van der Waals surface area contributed by atoms with Crippen LogP contribution in [0.2, 0.25) is 0 Å². The predicted octanol–water partition coefficient (Wildman–Crippen LogP) is 3.62. The first-order valence-corrected chi connectivity index (χ1v) is 8.06. The summed E-state index contributed by atoms with van der Waals surface area (Å²) in [5, 5.41) is 2.89. The Bertz CT molecular complexity index is 878. The first-order chi connectivity index (χ1) is 12.1. The van der Waals surface area contributed by atoms with Crippen molar-refractivity contribution in [3.63, 3.8) is 0 Å².